The molecule has 0 aliphatic heterocycles. The molecule has 0 heterocycles. The van der Waals surface area contributed by atoms with E-state index in [0.29, 0.717) is 6.04 Å². The number of likely N-dealkylation sites (N-methyl/N-ethyl adjacent to an activating group) is 1. The highest BCUT2D eigenvalue weighted by Crippen LogP contribution is 2.19. The van der Waals surface area contributed by atoms with E-state index < -0.39 is 0 Å². The summed E-state index contributed by atoms with van der Waals surface area (Å²) in [5.41, 5.74) is 1.29. The molecule has 1 atom stereocenters. The van der Waals surface area contributed by atoms with Crippen LogP contribution in [-0.2, 0) is 0 Å². The van der Waals surface area contributed by atoms with Crippen molar-refractivity contribution in [2.45, 2.75) is 18.9 Å². The molecule has 0 N–H and O–H groups in total. The first-order chi connectivity index (χ1) is 7.38. The van der Waals surface area contributed by atoms with Crippen LogP contribution in [0.15, 0.2) is 54.6 Å². The fourth-order valence-corrected chi connectivity index (χ4v) is 1.91. The highest BCUT2D eigenvalue weighted by molar-refractivity contribution is 5.47. The lowest BCUT2D eigenvalue weighted by molar-refractivity contribution is 0.691. The minimum Gasteiger partial charge on any atom is -0.368 e. The summed E-state index contributed by atoms with van der Waals surface area (Å²) in [7, 11) is 2.16. The Kier molecular flexibility index (Phi) is 3.23. The summed E-state index contributed by atoms with van der Waals surface area (Å²) >= 11 is 0. The van der Waals surface area contributed by atoms with Gasteiger partial charge in [-0.15, -0.1) is 0 Å². The topological polar surface area (TPSA) is 3.24 Å². The number of para-hydroxylation sites is 1. The Morgan fingerprint density at radius 1 is 1.13 bits per heavy atom. The molecule has 1 aliphatic rings. The first kappa shape index (κ1) is 10.0. The van der Waals surface area contributed by atoms with E-state index in [1.807, 2.05) is 0 Å². The van der Waals surface area contributed by atoms with Gasteiger partial charge in [0, 0.05) is 18.8 Å². The lowest BCUT2D eigenvalue weighted by Gasteiger charge is -2.27. The number of benzene rings is 1. The Labute approximate surface area is 91.7 Å². The van der Waals surface area contributed by atoms with Gasteiger partial charge in [0.2, 0.25) is 0 Å². The van der Waals surface area contributed by atoms with Gasteiger partial charge in [0.1, 0.15) is 0 Å². The number of anilines is 1. The summed E-state index contributed by atoms with van der Waals surface area (Å²) in [6.07, 6.45) is 11.1. The number of hydrogen-bond donors (Lipinski definition) is 0. The van der Waals surface area contributed by atoms with Crippen LogP contribution in [0.4, 0.5) is 5.69 Å². The standard InChI is InChI=1S/C14H17N/c1-15(14-11-7-4-8-12-14)13-9-5-2-3-6-10-13/h2-5,7-9,11-13H,6,10H2,1H3. The van der Waals surface area contributed by atoms with Crippen LogP contribution < -0.4 is 4.90 Å². The first-order valence-corrected chi connectivity index (χ1v) is 5.49. The molecule has 15 heavy (non-hydrogen) atoms. The zero-order chi connectivity index (χ0) is 10.5. The maximum Gasteiger partial charge on any atom is 0.0475 e. The van der Waals surface area contributed by atoms with Crippen LogP contribution in [-0.4, -0.2) is 13.1 Å². The van der Waals surface area contributed by atoms with E-state index in [0.717, 1.165) is 6.42 Å². The van der Waals surface area contributed by atoms with Crippen molar-refractivity contribution in [2.75, 3.05) is 11.9 Å². The van der Waals surface area contributed by atoms with Crippen LogP contribution in [0.25, 0.3) is 0 Å². The minimum atomic E-state index is 0.516. The third-order valence-electron chi connectivity index (χ3n) is 2.87. The van der Waals surface area contributed by atoms with Gasteiger partial charge in [0.15, 0.2) is 0 Å². The summed E-state index contributed by atoms with van der Waals surface area (Å²) < 4.78 is 0. The average Bonchev–Trinajstić information content (AvgIpc) is 2.58. The normalized spacial score (nSPS) is 19.9. The van der Waals surface area contributed by atoms with E-state index in [4.69, 9.17) is 0 Å². The Bertz CT molecular complexity index is 351. The average molecular weight is 199 g/mol. The molecule has 2 rings (SSSR count). The predicted octanol–water partition coefficient (Wildman–Crippen LogP) is 3.40. The molecular weight excluding hydrogens is 182 g/mol. The summed E-state index contributed by atoms with van der Waals surface area (Å²) in [6, 6.07) is 11.1. The van der Waals surface area contributed by atoms with Crippen LogP contribution >= 0.6 is 0 Å². The van der Waals surface area contributed by atoms with Crippen LogP contribution in [0.5, 0.6) is 0 Å². The molecule has 78 valence electrons. The van der Waals surface area contributed by atoms with Crippen molar-refractivity contribution < 1.29 is 0 Å². The van der Waals surface area contributed by atoms with Crippen molar-refractivity contribution in [2.24, 2.45) is 0 Å². The maximum absolute atomic E-state index is 2.34. The number of allylic oxidation sites excluding steroid dienone is 3. The largest absolute Gasteiger partial charge is 0.368 e. The molecule has 1 heteroatoms. The number of nitrogens with zero attached hydrogens (tertiary/aromatic N) is 1. The summed E-state index contributed by atoms with van der Waals surface area (Å²) in [5.74, 6) is 0. The number of rotatable bonds is 2. The molecular formula is C14H17N. The van der Waals surface area contributed by atoms with E-state index in [2.05, 4.69) is 66.6 Å². The minimum absolute atomic E-state index is 0.516. The van der Waals surface area contributed by atoms with Gasteiger partial charge in [-0.2, -0.15) is 0 Å². The molecule has 1 aromatic carbocycles. The summed E-state index contributed by atoms with van der Waals surface area (Å²) in [4.78, 5) is 2.34. The van der Waals surface area contributed by atoms with E-state index in [9.17, 15) is 0 Å². The van der Waals surface area contributed by atoms with Gasteiger partial charge in [-0.1, -0.05) is 42.5 Å². The third kappa shape index (κ3) is 2.50. The van der Waals surface area contributed by atoms with Gasteiger partial charge in [-0.3, -0.25) is 0 Å². The Balaban J connectivity index is 2.11. The second-order valence-electron chi connectivity index (χ2n) is 3.90. The zero-order valence-electron chi connectivity index (χ0n) is 9.13. The smallest absolute Gasteiger partial charge is 0.0475 e. The third-order valence-corrected chi connectivity index (χ3v) is 2.87. The first-order valence-electron chi connectivity index (χ1n) is 5.49. The summed E-state index contributed by atoms with van der Waals surface area (Å²) in [5, 5.41) is 0. The van der Waals surface area contributed by atoms with E-state index >= 15 is 0 Å². The molecule has 0 fully saturated rings. The molecule has 1 aromatic rings. The number of hydrogen-bond acceptors (Lipinski definition) is 1. The van der Waals surface area contributed by atoms with Gasteiger partial charge < -0.3 is 4.90 Å². The van der Waals surface area contributed by atoms with Gasteiger partial charge in [0.05, 0.1) is 0 Å². The molecule has 0 saturated carbocycles. The van der Waals surface area contributed by atoms with E-state index in [1.54, 1.807) is 0 Å². The Hall–Kier alpha value is -1.50. The molecule has 0 spiro atoms. The molecule has 0 bridgehead atoms. The van der Waals surface area contributed by atoms with Crippen molar-refractivity contribution in [3.63, 3.8) is 0 Å². The van der Waals surface area contributed by atoms with Crippen LogP contribution in [0.2, 0.25) is 0 Å². The molecule has 0 aromatic heterocycles. The second-order valence-corrected chi connectivity index (χ2v) is 3.90. The lowest BCUT2D eigenvalue weighted by atomic mass is 10.1. The van der Waals surface area contributed by atoms with E-state index in [-0.39, 0.29) is 0 Å². The SMILES string of the molecule is CN(c1ccccc1)C1C=CC=CCC1. The Morgan fingerprint density at radius 3 is 2.73 bits per heavy atom. The van der Waals surface area contributed by atoms with Crippen LogP contribution in [0.1, 0.15) is 12.8 Å². The summed E-state index contributed by atoms with van der Waals surface area (Å²) in [6.45, 7) is 0. The molecule has 1 aliphatic carbocycles. The highest BCUT2D eigenvalue weighted by atomic mass is 15.1. The molecule has 1 nitrogen and oxygen atoms in total. The lowest BCUT2D eigenvalue weighted by Crippen LogP contribution is -2.29. The fraction of sp³-hybridized carbons (Fsp3) is 0.286. The van der Waals surface area contributed by atoms with Crippen molar-refractivity contribution in [3.05, 3.63) is 54.6 Å². The predicted molar refractivity (Wildman–Crippen MR) is 66.1 cm³/mol. The van der Waals surface area contributed by atoms with Gasteiger partial charge in [-0.25, -0.2) is 0 Å². The molecule has 0 saturated heterocycles. The fourth-order valence-electron chi connectivity index (χ4n) is 1.91. The van der Waals surface area contributed by atoms with E-state index in [1.165, 1.54) is 12.1 Å². The maximum atomic E-state index is 2.34. The van der Waals surface area contributed by atoms with Gasteiger partial charge >= 0.3 is 0 Å². The quantitative estimate of drug-likeness (QED) is 0.705. The molecule has 0 amide bonds. The molecule has 0 radical (unpaired) electrons. The van der Waals surface area contributed by atoms with Crippen molar-refractivity contribution in [3.8, 4) is 0 Å². The zero-order valence-corrected chi connectivity index (χ0v) is 9.13. The second kappa shape index (κ2) is 4.83. The monoisotopic (exact) mass is 199 g/mol. The van der Waals surface area contributed by atoms with Crippen molar-refractivity contribution >= 4 is 5.69 Å². The van der Waals surface area contributed by atoms with Crippen LogP contribution in [0, 0.1) is 0 Å². The molecule has 1 unspecified atom stereocenters. The van der Waals surface area contributed by atoms with Gasteiger partial charge in [0.25, 0.3) is 0 Å². The highest BCUT2D eigenvalue weighted by Gasteiger charge is 2.11. The van der Waals surface area contributed by atoms with Crippen molar-refractivity contribution in [1.82, 2.24) is 0 Å². The Morgan fingerprint density at radius 2 is 1.93 bits per heavy atom. The van der Waals surface area contributed by atoms with Gasteiger partial charge in [-0.05, 0) is 25.0 Å². The van der Waals surface area contributed by atoms with Crippen molar-refractivity contribution in [1.29, 1.82) is 0 Å². The van der Waals surface area contributed by atoms with Crippen LogP contribution in [0.3, 0.4) is 0 Å².